The van der Waals surface area contributed by atoms with Gasteiger partial charge < -0.3 is 15.0 Å². The summed E-state index contributed by atoms with van der Waals surface area (Å²) in [5.74, 6) is 1.06. The summed E-state index contributed by atoms with van der Waals surface area (Å²) < 4.78 is 5.81. The van der Waals surface area contributed by atoms with Crippen molar-refractivity contribution >= 4 is 0 Å². The average molecular weight is 304 g/mol. The standard InChI is InChI=1S/C19H32N2O/c1-4-13-22-19-15-16(2)18(14-17(19)3)7-5-6-10-21-11-8-20-9-12-21/h14-15,20H,4-13H2,1-3H3. The summed E-state index contributed by atoms with van der Waals surface area (Å²) >= 11 is 0. The van der Waals surface area contributed by atoms with Gasteiger partial charge in [0.2, 0.25) is 0 Å². The number of rotatable bonds is 8. The second-order valence-electron chi connectivity index (χ2n) is 6.44. The van der Waals surface area contributed by atoms with E-state index in [0.29, 0.717) is 0 Å². The number of hydrogen-bond acceptors (Lipinski definition) is 3. The highest BCUT2D eigenvalue weighted by Gasteiger charge is 2.09. The molecule has 0 aliphatic carbocycles. The lowest BCUT2D eigenvalue weighted by Crippen LogP contribution is -2.43. The van der Waals surface area contributed by atoms with Crippen LogP contribution in [0.1, 0.15) is 42.9 Å². The van der Waals surface area contributed by atoms with E-state index in [4.69, 9.17) is 4.74 Å². The Morgan fingerprint density at radius 1 is 1.09 bits per heavy atom. The van der Waals surface area contributed by atoms with Gasteiger partial charge in [-0.1, -0.05) is 13.0 Å². The Morgan fingerprint density at radius 2 is 1.86 bits per heavy atom. The van der Waals surface area contributed by atoms with Crippen LogP contribution in [-0.2, 0) is 6.42 Å². The highest BCUT2D eigenvalue weighted by molar-refractivity contribution is 5.41. The fraction of sp³-hybridized carbons (Fsp3) is 0.684. The third-order valence-corrected chi connectivity index (χ3v) is 4.48. The van der Waals surface area contributed by atoms with Crippen LogP contribution in [0.25, 0.3) is 0 Å². The largest absolute Gasteiger partial charge is 0.493 e. The molecule has 124 valence electrons. The molecule has 0 saturated carbocycles. The second kappa shape index (κ2) is 9.16. The van der Waals surface area contributed by atoms with Crippen molar-refractivity contribution in [2.75, 3.05) is 39.3 Å². The molecule has 3 heteroatoms. The smallest absolute Gasteiger partial charge is 0.122 e. The lowest BCUT2D eigenvalue weighted by Gasteiger charge is -2.27. The molecule has 1 aromatic carbocycles. The third kappa shape index (κ3) is 5.29. The summed E-state index contributed by atoms with van der Waals surface area (Å²) in [6, 6.07) is 4.54. The molecule has 1 N–H and O–H groups in total. The van der Waals surface area contributed by atoms with E-state index in [1.807, 2.05) is 0 Å². The molecule has 2 rings (SSSR count). The summed E-state index contributed by atoms with van der Waals surface area (Å²) in [7, 11) is 0. The fourth-order valence-corrected chi connectivity index (χ4v) is 3.07. The fourth-order valence-electron chi connectivity index (χ4n) is 3.07. The van der Waals surface area contributed by atoms with Gasteiger partial charge in [-0.15, -0.1) is 0 Å². The van der Waals surface area contributed by atoms with Crippen molar-refractivity contribution in [2.45, 2.75) is 46.5 Å². The van der Waals surface area contributed by atoms with Gasteiger partial charge in [-0.25, -0.2) is 0 Å². The molecule has 1 fully saturated rings. The highest BCUT2D eigenvalue weighted by atomic mass is 16.5. The van der Waals surface area contributed by atoms with Crippen LogP contribution in [0.15, 0.2) is 12.1 Å². The van der Waals surface area contributed by atoms with Crippen LogP contribution in [0.2, 0.25) is 0 Å². The number of nitrogens with one attached hydrogen (secondary N) is 1. The van der Waals surface area contributed by atoms with Crippen molar-refractivity contribution in [3.63, 3.8) is 0 Å². The van der Waals surface area contributed by atoms with E-state index in [-0.39, 0.29) is 0 Å². The monoisotopic (exact) mass is 304 g/mol. The van der Waals surface area contributed by atoms with E-state index in [2.05, 4.69) is 43.1 Å². The van der Waals surface area contributed by atoms with E-state index in [0.717, 1.165) is 31.9 Å². The van der Waals surface area contributed by atoms with Crippen molar-refractivity contribution in [1.29, 1.82) is 0 Å². The Morgan fingerprint density at radius 3 is 2.59 bits per heavy atom. The van der Waals surface area contributed by atoms with Gasteiger partial charge in [0, 0.05) is 26.2 Å². The summed E-state index contributed by atoms with van der Waals surface area (Å²) in [5, 5.41) is 3.41. The van der Waals surface area contributed by atoms with E-state index in [1.54, 1.807) is 0 Å². The topological polar surface area (TPSA) is 24.5 Å². The SMILES string of the molecule is CCCOc1cc(C)c(CCCCN2CCNCC2)cc1C. The minimum absolute atomic E-state index is 0.810. The average Bonchev–Trinajstić information content (AvgIpc) is 2.54. The number of unbranched alkanes of at least 4 members (excludes halogenated alkanes) is 1. The van der Waals surface area contributed by atoms with Gasteiger partial charge in [-0.3, -0.25) is 0 Å². The number of hydrogen-bond donors (Lipinski definition) is 1. The van der Waals surface area contributed by atoms with Crippen LogP contribution in [0.5, 0.6) is 5.75 Å². The van der Waals surface area contributed by atoms with Gasteiger partial charge in [-0.2, -0.15) is 0 Å². The molecule has 0 amide bonds. The first-order chi connectivity index (χ1) is 10.7. The number of piperazine rings is 1. The van der Waals surface area contributed by atoms with E-state index < -0.39 is 0 Å². The number of aryl methyl sites for hydroxylation is 3. The van der Waals surface area contributed by atoms with E-state index in [9.17, 15) is 0 Å². The van der Waals surface area contributed by atoms with Crippen LogP contribution in [0.4, 0.5) is 0 Å². The van der Waals surface area contributed by atoms with Crippen molar-refractivity contribution < 1.29 is 4.74 Å². The predicted molar refractivity (Wildman–Crippen MR) is 93.9 cm³/mol. The molecule has 0 aromatic heterocycles. The number of ether oxygens (including phenoxy) is 1. The van der Waals surface area contributed by atoms with Crippen LogP contribution >= 0.6 is 0 Å². The highest BCUT2D eigenvalue weighted by Crippen LogP contribution is 2.24. The minimum Gasteiger partial charge on any atom is -0.493 e. The summed E-state index contributed by atoms with van der Waals surface area (Å²) in [6.07, 6.45) is 4.82. The zero-order chi connectivity index (χ0) is 15.8. The van der Waals surface area contributed by atoms with Crippen LogP contribution < -0.4 is 10.1 Å². The van der Waals surface area contributed by atoms with Gasteiger partial charge in [0.15, 0.2) is 0 Å². The normalized spacial score (nSPS) is 16.0. The van der Waals surface area contributed by atoms with Crippen LogP contribution in [0, 0.1) is 13.8 Å². The second-order valence-corrected chi connectivity index (χ2v) is 6.44. The van der Waals surface area contributed by atoms with Gasteiger partial charge in [-0.05, 0) is 68.8 Å². The Hall–Kier alpha value is -1.06. The summed E-state index contributed by atoms with van der Waals surface area (Å²) in [6.45, 7) is 13.3. The molecule has 0 spiro atoms. The molecule has 3 nitrogen and oxygen atoms in total. The zero-order valence-corrected chi connectivity index (χ0v) is 14.6. The molecule has 1 heterocycles. The van der Waals surface area contributed by atoms with Gasteiger partial charge >= 0.3 is 0 Å². The van der Waals surface area contributed by atoms with Gasteiger partial charge in [0.25, 0.3) is 0 Å². The Balaban J connectivity index is 1.78. The molecule has 22 heavy (non-hydrogen) atoms. The lowest BCUT2D eigenvalue weighted by molar-refractivity contribution is 0.237. The third-order valence-electron chi connectivity index (χ3n) is 4.48. The van der Waals surface area contributed by atoms with E-state index in [1.165, 1.54) is 55.6 Å². The number of benzene rings is 1. The summed E-state index contributed by atoms with van der Waals surface area (Å²) in [5.41, 5.74) is 4.14. The Kier molecular flexibility index (Phi) is 7.20. The molecule has 0 radical (unpaired) electrons. The molecule has 1 aliphatic rings. The molecular weight excluding hydrogens is 272 g/mol. The molecule has 1 saturated heterocycles. The van der Waals surface area contributed by atoms with Crippen LogP contribution in [-0.4, -0.2) is 44.2 Å². The Bertz CT molecular complexity index is 453. The minimum atomic E-state index is 0.810. The molecular formula is C19H32N2O. The molecule has 1 aromatic rings. The number of nitrogens with zero attached hydrogens (tertiary/aromatic N) is 1. The van der Waals surface area contributed by atoms with Gasteiger partial charge in [0.1, 0.15) is 5.75 Å². The van der Waals surface area contributed by atoms with E-state index >= 15 is 0 Å². The quantitative estimate of drug-likeness (QED) is 0.746. The van der Waals surface area contributed by atoms with Crippen molar-refractivity contribution in [2.24, 2.45) is 0 Å². The maximum absolute atomic E-state index is 5.81. The first-order valence-electron chi connectivity index (χ1n) is 8.86. The molecule has 1 aliphatic heterocycles. The van der Waals surface area contributed by atoms with Crippen molar-refractivity contribution in [3.05, 3.63) is 28.8 Å². The first kappa shape index (κ1) is 17.3. The Labute approximate surface area is 136 Å². The van der Waals surface area contributed by atoms with Crippen molar-refractivity contribution in [1.82, 2.24) is 10.2 Å². The maximum Gasteiger partial charge on any atom is 0.122 e. The summed E-state index contributed by atoms with van der Waals surface area (Å²) in [4.78, 5) is 2.58. The van der Waals surface area contributed by atoms with Crippen LogP contribution in [0.3, 0.4) is 0 Å². The predicted octanol–water partition coefficient (Wildman–Crippen LogP) is 3.32. The lowest BCUT2D eigenvalue weighted by atomic mass is 9.99. The first-order valence-corrected chi connectivity index (χ1v) is 8.86. The molecule has 0 unspecified atom stereocenters. The maximum atomic E-state index is 5.81. The van der Waals surface area contributed by atoms with Crippen molar-refractivity contribution in [3.8, 4) is 5.75 Å². The molecule has 0 atom stereocenters. The zero-order valence-electron chi connectivity index (χ0n) is 14.6. The molecule has 0 bridgehead atoms. The van der Waals surface area contributed by atoms with Gasteiger partial charge in [0.05, 0.1) is 6.61 Å².